The van der Waals surface area contributed by atoms with Crippen LogP contribution in [0.1, 0.15) is 81.6 Å². The van der Waals surface area contributed by atoms with Crippen molar-refractivity contribution in [3.63, 3.8) is 0 Å². The van der Waals surface area contributed by atoms with Gasteiger partial charge in [-0.1, -0.05) is 41.5 Å². The summed E-state index contributed by atoms with van der Waals surface area (Å²) < 4.78 is 15.6. The maximum Gasteiger partial charge on any atom is 0.320 e. The number of hydrogen-bond donors (Lipinski definition) is 4. The Bertz CT molecular complexity index is 789. The number of ketones is 2. The number of esters is 2. The van der Waals surface area contributed by atoms with Crippen LogP contribution in [0.5, 0.6) is 0 Å². The van der Waals surface area contributed by atoms with Crippen molar-refractivity contribution < 1.29 is 53.7 Å². The first-order valence-electron chi connectivity index (χ1n) is 14.4. The summed E-state index contributed by atoms with van der Waals surface area (Å²) in [5, 5.41) is 30.3. The maximum absolute atomic E-state index is 13.0. The molecule has 41 heavy (non-hydrogen) atoms. The fraction of sp³-hybridized carbons (Fsp3) is 0.862. The highest BCUT2D eigenvalue weighted by Gasteiger charge is 2.41. The normalized spacial score (nSPS) is 18.6. The van der Waals surface area contributed by atoms with Gasteiger partial charge in [-0.3, -0.25) is 24.4 Å². The number of nitrogens with two attached hydrogens (primary N) is 1. The van der Waals surface area contributed by atoms with Gasteiger partial charge in [0, 0.05) is 37.2 Å². The number of aliphatic hydroxyl groups excluding tert-OH is 1. The van der Waals surface area contributed by atoms with Gasteiger partial charge < -0.3 is 30.2 Å². The third-order valence-corrected chi connectivity index (χ3v) is 7.08. The molecule has 12 heteroatoms. The Hall–Kier alpha value is -1.96. The molecule has 0 bridgehead atoms. The number of aliphatic hydroxyl groups is 2. The van der Waals surface area contributed by atoms with Gasteiger partial charge in [-0.25, -0.2) is 4.89 Å². The lowest BCUT2D eigenvalue weighted by atomic mass is 9.81. The largest absolute Gasteiger partial charge is 0.462 e. The van der Waals surface area contributed by atoms with Crippen LogP contribution in [0.15, 0.2) is 0 Å². The number of hydrogen-bond acceptors (Lipinski definition) is 12. The fourth-order valence-corrected chi connectivity index (χ4v) is 4.28. The van der Waals surface area contributed by atoms with E-state index in [0.717, 1.165) is 0 Å². The van der Waals surface area contributed by atoms with Crippen molar-refractivity contribution in [1.29, 1.82) is 0 Å². The van der Waals surface area contributed by atoms with Crippen LogP contribution in [-0.4, -0.2) is 89.8 Å². The van der Waals surface area contributed by atoms with Gasteiger partial charge in [0.2, 0.25) is 0 Å². The molecule has 5 N–H and O–H groups in total. The molecule has 0 saturated heterocycles. The fourth-order valence-electron chi connectivity index (χ4n) is 4.28. The zero-order valence-electron chi connectivity index (χ0n) is 26.5. The second kappa shape index (κ2) is 20.8. The molecular weight excluding hydrogens is 538 g/mol. The predicted molar refractivity (Wildman–Crippen MR) is 153 cm³/mol. The van der Waals surface area contributed by atoms with Gasteiger partial charge in [0.25, 0.3) is 0 Å². The number of carbonyl (C=O) groups excluding carboxylic acids is 4. The minimum atomic E-state index is -1.98. The van der Waals surface area contributed by atoms with E-state index < -0.39 is 66.0 Å². The molecule has 0 spiro atoms. The summed E-state index contributed by atoms with van der Waals surface area (Å²) >= 11 is 0. The number of ether oxygens (including phenoxy) is 3. The Kier molecular flexibility index (Phi) is 20.9. The van der Waals surface area contributed by atoms with E-state index in [2.05, 4.69) is 4.89 Å². The van der Waals surface area contributed by atoms with Crippen LogP contribution in [0.2, 0.25) is 0 Å². The van der Waals surface area contributed by atoms with Crippen molar-refractivity contribution in [2.24, 2.45) is 35.3 Å². The van der Waals surface area contributed by atoms with E-state index >= 15 is 0 Å². The Balaban J connectivity index is 0. The summed E-state index contributed by atoms with van der Waals surface area (Å²) in [6, 6.07) is 0. The molecule has 9 atom stereocenters. The van der Waals surface area contributed by atoms with Crippen molar-refractivity contribution >= 4 is 23.5 Å². The van der Waals surface area contributed by atoms with Crippen molar-refractivity contribution in [2.45, 2.75) is 105 Å². The summed E-state index contributed by atoms with van der Waals surface area (Å²) in [5.41, 5.74) is 3.34. The second-order valence-electron chi connectivity index (χ2n) is 10.9. The molecular formula is C29H55NO11. The minimum absolute atomic E-state index is 0.0391. The van der Waals surface area contributed by atoms with Crippen LogP contribution in [0.3, 0.4) is 0 Å². The van der Waals surface area contributed by atoms with E-state index in [1.165, 1.54) is 27.9 Å². The van der Waals surface area contributed by atoms with Gasteiger partial charge >= 0.3 is 11.9 Å². The minimum Gasteiger partial charge on any atom is -0.462 e. The van der Waals surface area contributed by atoms with Crippen molar-refractivity contribution in [1.82, 2.24) is 0 Å². The molecule has 0 aromatic carbocycles. The zero-order chi connectivity index (χ0) is 32.5. The highest BCUT2D eigenvalue weighted by atomic mass is 17.1. The average molecular weight is 594 g/mol. The smallest absolute Gasteiger partial charge is 0.320 e. The summed E-state index contributed by atoms with van der Waals surface area (Å²) in [6.45, 7) is 14.1. The summed E-state index contributed by atoms with van der Waals surface area (Å²) in [6.07, 6.45) is -1.98. The van der Waals surface area contributed by atoms with Gasteiger partial charge in [-0.2, -0.15) is 0 Å². The van der Waals surface area contributed by atoms with Crippen LogP contribution < -0.4 is 5.73 Å². The SMILES string of the molecule is CC.COC[C@@H](C)[C@H](OC(=O)CN)C(C)C(=O)OC[C@@](C)(O)C(O)C(C)C(=O)[C@H](C)CC(=O)C(C)CCC(C)OO. The maximum atomic E-state index is 13.0. The topological polar surface area (TPSA) is 192 Å². The summed E-state index contributed by atoms with van der Waals surface area (Å²) in [4.78, 5) is 54.2. The molecule has 0 saturated carbocycles. The molecule has 0 aliphatic heterocycles. The number of carbonyl (C=O) groups is 4. The molecule has 0 aliphatic carbocycles. The molecule has 12 nitrogen and oxygen atoms in total. The van der Waals surface area contributed by atoms with Crippen LogP contribution in [-0.2, 0) is 38.3 Å². The van der Waals surface area contributed by atoms with Crippen molar-refractivity contribution in [3.05, 3.63) is 0 Å². The van der Waals surface area contributed by atoms with Crippen LogP contribution in [0.4, 0.5) is 0 Å². The Morgan fingerprint density at radius 3 is 1.98 bits per heavy atom. The van der Waals surface area contributed by atoms with Crippen molar-refractivity contribution in [3.8, 4) is 0 Å². The number of rotatable bonds is 20. The first-order chi connectivity index (χ1) is 19.0. The summed E-state index contributed by atoms with van der Waals surface area (Å²) in [5.74, 6) is -5.45. The first kappa shape index (κ1) is 41.2. The molecule has 0 amide bonds. The van der Waals surface area contributed by atoms with E-state index in [1.54, 1.807) is 27.7 Å². The molecule has 242 valence electrons. The Morgan fingerprint density at radius 2 is 1.49 bits per heavy atom. The van der Waals surface area contributed by atoms with E-state index in [-0.39, 0.29) is 37.2 Å². The second-order valence-corrected chi connectivity index (χ2v) is 10.9. The molecule has 0 aromatic rings. The number of methoxy groups -OCH3 is 1. The van der Waals surface area contributed by atoms with Gasteiger partial charge in [0.15, 0.2) is 0 Å². The van der Waals surface area contributed by atoms with Crippen LogP contribution >= 0.6 is 0 Å². The Morgan fingerprint density at radius 1 is 0.927 bits per heavy atom. The van der Waals surface area contributed by atoms with E-state index in [0.29, 0.717) is 12.8 Å². The average Bonchev–Trinajstić information content (AvgIpc) is 2.96. The molecule has 0 fully saturated rings. The molecule has 0 rings (SSSR count). The van der Waals surface area contributed by atoms with Crippen molar-refractivity contribution in [2.75, 3.05) is 26.9 Å². The molecule has 5 unspecified atom stereocenters. The van der Waals surface area contributed by atoms with Gasteiger partial charge in [-0.05, 0) is 33.6 Å². The third kappa shape index (κ3) is 14.7. The summed E-state index contributed by atoms with van der Waals surface area (Å²) in [7, 11) is 1.47. The van der Waals surface area contributed by atoms with E-state index in [9.17, 15) is 29.4 Å². The first-order valence-corrected chi connectivity index (χ1v) is 14.4. The molecule has 0 radical (unpaired) electrons. The van der Waals surface area contributed by atoms with Gasteiger partial charge in [0.1, 0.15) is 29.9 Å². The monoisotopic (exact) mass is 593 g/mol. The van der Waals surface area contributed by atoms with Gasteiger partial charge in [-0.15, -0.1) is 0 Å². The molecule has 0 aromatic heterocycles. The molecule has 0 heterocycles. The lowest BCUT2D eigenvalue weighted by Gasteiger charge is -2.34. The highest BCUT2D eigenvalue weighted by Crippen LogP contribution is 2.26. The third-order valence-electron chi connectivity index (χ3n) is 7.08. The zero-order valence-corrected chi connectivity index (χ0v) is 26.5. The quantitative estimate of drug-likeness (QED) is 0.0917. The standard InChI is InChI=1S/C27H49NO11.C2H6/c1-15(9-10-18(4)39-35)21(29)11-16(2)23(31)19(5)25(32)27(7,34)14-37-26(33)20(6)24(17(3)13-36-8)38-22(30)12-28;1-2/h15-20,24-25,32,34-35H,9-14,28H2,1-8H3;1-2H3/t15?,16-,17-,18?,19?,20?,24+,25?,27-;/m1./s1. The number of Topliss-reactive ketones (excluding diaryl/α,β-unsaturated/α-hetero) is 2. The Labute approximate surface area is 245 Å². The van der Waals surface area contributed by atoms with Crippen LogP contribution in [0.25, 0.3) is 0 Å². The lowest BCUT2D eigenvalue weighted by Crippen LogP contribution is -2.50. The lowest BCUT2D eigenvalue weighted by molar-refractivity contribution is -0.275. The van der Waals surface area contributed by atoms with E-state index in [4.69, 9.17) is 25.2 Å². The van der Waals surface area contributed by atoms with E-state index in [1.807, 2.05) is 13.8 Å². The highest BCUT2D eigenvalue weighted by molar-refractivity contribution is 5.90. The van der Waals surface area contributed by atoms with Gasteiger partial charge in [0.05, 0.1) is 31.3 Å². The molecule has 0 aliphatic rings. The predicted octanol–water partition coefficient (Wildman–Crippen LogP) is 2.55. The van der Waals surface area contributed by atoms with Crippen LogP contribution in [0, 0.1) is 29.6 Å².